The van der Waals surface area contributed by atoms with E-state index in [9.17, 15) is 8.78 Å². The topological polar surface area (TPSA) is 33.1 Å². The van der Waals surface area contributed by atoms with Crippen molar-refractivity contribution in [1.82, 2.24) is 20.0 Å². The van der Waals surface area contributed by atoms with Gasteiger partial charge >= 0.3 is 0 Å². The lowest BCUT2D eigenvalue weighted by molar-refractivity contribution is 0.153. The summed E-state index contributed by atoms with van der Waals surface area (Å²) in [6.07, 6.45) is 3.78. The highest BCUT2D eigenvalue weighted by atomic mass is 19.1. The average Bonchev–Trinajstić information content (AvgIpc) is 3.11. The minimum atomic E-state index is -0.264. The molecule has 26 heavy (non-hydrogen) atoms. The molecule has 6 heteroatoms. The molecule has 1 aromatic heterocycles. The predicted octanol–water partition coefficient (Wildman–Crippen LogP) is 3.30. The van der Waals surface area contributed by atoms with Crippen molar-refractivity contribution in [1.29, 1.82) is 0 Å². The van der Waals surface area contributed by atoms with Gasteiger partial charge in [0.25, 0.3) is 0 Å². The molecule has 1 N–H and O–H groups in total. The SMILES string of the molecule is Fc1ccc(-n2cc(CN3CCNCC3c3cccc(F)c3)cn2)cc1. The fourth-order valence-electron chi connectivity index (χ4n) is 3.39. The van der Waals surface area contributed by atoms with Crippen LogP contribution in [0.15, 0.2) is 60.9 Å². The molecule has 1 aliphatic rings. The summed E-state index contributed by atoms with van der Waals surface area (Å²) in [5.74, 6) is -0.475. The molecule has 4 rings (SSSR count). The Morgan fingerprint density at radius 1 is 1.08 bits per heavy atom. The van der Waals surface area contributed by atoms with Crippen molar-refractivity contribution in [2.24, 2.45) is 0 Å². The van der Waals surface area contributed by atoms with Crippen molar-refractivity contribution in [2.75, 3.05) is 19.6 Å². The van der Waals surface area contributed by atoms with Gasteiger partial charge in [0.2, 0.25) is 0 Å². The third-order valence-electron chi connectivity index (χ3n) is 4.70. The third-order valence-corrected chi connectivity index (χ3v) is 4.70. The molecule has 1 unspecified atom stereocenters. The van der Waals surface area contributed by atoms with Crippen LogP contribution in [-0.2, 0) is 6.54 Å². The van der Waals surface area contributed by atoms with Crippen molar-refractivity contribution in [2.45, 2.75) is 12.6 Å². The molecule has 1 saturated heterocycles. The summed E-state index contributed by atoms with van der Waals surface area (Å²) in [5.41, 5.74) is 2.86. The van der Waals surface area contributed by atoms with Crippen LogP contribution in [0, 0.1) is 11.6 Å². The van der Waals surface area contributed by atoms with Gasteiger partial charge in [-0.25, -0.2) is 13.5 Å². The number of rotatable bonds is 4. The monoisotopic (exact) mass is 354 g/mol. The van der Waals surface area contributed by atoms with E-state index in [2.05, 4.69) is 15.3 Å². The van der Waals surface area contributed by atoms with Crippen LogP contribution >= 0.6 is 0 Å². The van der Waals surface area contributed by atoms with Crippen LogP contribution in [0.3, 0.4) is 0 Å². The number of hydrogen-bond donors (Lipinski definition) is 1. The quantitative estimate of drug-likeness (QED) is 0.780. The number of aromatic nitrogens is 2. The van der Waals surface area contributed by atoms with Gasteiger partial charge in [-0.2, -0.15) is 5.10 Å². The Hall–Kier alpha value is -2.57. The zero-order valence-electron chi connectivity index (χ0n) is 14.3. The van der Waals surface area contributed by atoms with E-state index in [1.807, 2.05) is 18.5 Å². The summed E-state index contributed by atoms with van der Waals surface area (Å²) in [5, 5.41) is 7.77. The fourth-order valence-corrected chi connectivity index (χ4v) is 3.39. The van der Waals surface area contributed by atoms with Gasteiger partial charge in [-0.15, -0.1) is 0 Å². The Morgan fingerprint density at radius 2 is 1.92 bits per heavy atom. The Morgan fingerprint density at radius 3 is 2.73 bits per heavy atom. The van der Waals surface area contributed by atoms with E-state index in [0.717, 1.165) is 43.0 Å². The molecule has 4 nitrogen and oxygen atoms in total. The van der Waals surface area contributed by atoms with Gasteiger partial charge in [0, 0.05) is 44.0 Å². The van der Waals surface area contributed by atoms with Gasteiger partial charge in [0.15, 0.2) is 0 Å². The van der Waals surface area contributed by atoms with Crippen LogP contribution in [0.25, 0.3) is 5.69 Å². The van der Waals surface area contributed by atoms with Gasteiger partial charge in [-0.05, 0) is 42.0 Å². The van der Waals surface area contributed by atoms with Gasteiger partial charge in [-0.3, -0.25) is 4.90 Å². The highest BCUT2D eigenvalue weighted by molar-refractivity contribution is 5.31. The van der Waals surface area contributed by atoms with Crippen LogP contribution in [0.1, 0.15) is 17.2 Å². The van der Waals surface area contributed by atoms with Crippen molar-refractivity contribution < 1.29 is 8.78 Å². The Bertz CT molecular complexity index is 876. The summed E-state index contributed by atoms with van der Waals surface area (Å²) in [4.78, 5) is 2.33. The lowest BCUT2D eigenvalue weighted by atomic mass is 10.0. The minimum absolute atomic E-state index is 0.119. The molecule has 0 amide bonds. The molecule has 0 aliphatic carbocycles. The van der Waals surface area contributed by atoms with E-state index in [1.54, 1.807) is 28.9 Å². The maximum Gasteiger partial charge on any atom is 0.123 e. The molecule has 3 aromatic rings. The van der Waals surface area contributed by atoms with Crippen LogP contribution in [0.5, 0.6) is 0 Å². The number of nitrogens with one attached hydrogen (secondary N) is 1. The summed E-state index contributed by atoms with van der Waals surface area (Å²) in [6, 6.07) is 13.2. The van der Waals surface area contributed by atoms with Gasteiger partial charge in [0.05, 0.1) is 11.9 Å². The summed E-state index contributed by atoms with van der Waals surface area (Å²) in [7, 11) is 0. The van der Waals surface area contributed by atoms with Crippen molar-refractivity contribution in [3.63, 3.8) is 0 Å². The maximum atomic E-state index is 13.6. The Labute approximate surface area is 151 Å². The molecular formula is C20H20F2N4. The van der Waals surface area contributed by atoms with Crippen LogP contribution in [-0.4, -0.2) is 34.3 Å². The molecule has 1 atom stereocenters. The smallest absolute Gasteiger partial charge is 0.123 e. The van der Waals surface area contributed by atoms with E-state index in [1.165, 1.54) is 18.2 Å². The highest BCUT2D eigenvalue weighted by Gasteiger charge is 2.24. The molecule has 0 bridgehead atoms. The summed E-state index contributed by atoms with van der Waals surface area (Å²) in [6.45, 7) is 3.29. The maximum absolute atomic E-state index is 13.6. The first kappa shape index (κ1) is 16.9. The second-order valence-corrected chi connectivity index (χ2v) is 6.51. The van der Waals surface area contributed by atoms with Gasteiger partial charge in [0.1, 0.15) is 11.6 Å². The molecule has 134 valence electrons. The van der Waals surface area contributed by atoms with E-state index in [0.29, 0.717) is 0 Å². The number of nitrogens with zero attached hydrogens (tertiary/aromatic N) is 3. The van der Waals surface area contributed by atoms with Crippen molar-refractivity contribution in [3.05, 3.63) is 83.7 Å². The molecular weight excluding hydrogens is 334 g/mol. The van der Waals surface area contributed by atoms with Crippen molar-refractivity contribution >= 4 is 0 Å². The first-order valence-electron chi connectivity index (χ1n) is 8.69. The summed E-state index contributed by atoms with van der Waals surface area (Å²) < 4.78 is 28.4. The number of hydrogen-bond acceptors (Lipinski definition) is 3. The average molecular weight is 354 g/mol. The Balaban J connectivity index is 1.52. The fraction of sp³-hybridized carbons (Fsp3) is 0.250. The normalized spacial score (nSPS) is 18.2. The first-order chi connectivity index (χ1) is 12.7. The molecule has 2 heterocycles. The molecule has 2 aromatic carbocycles. The lowest BCUT2D eigenvalue weighted by Gasteiger charge is -2.36. The molecule has 0 spiro atoms. The van der Waals surface area contributed by atoms with Gasteiger partial charge < -0.3 is 5.32 Å². The molecule has 1 fully saturated rings. The number of halogens is 2. The molecule has 1 aliphatic heterocycles. The number of piperazine rings is 1. The van der Waals surface area contributed by atoms with Crippen molar-refractivity contribution in [3.8, 4) is 5.69 Å². The second kappa shape index (κ2) is 7.35. The van der Waals surface area contributed by atoms with Crippen LogP contribution in [0.4, 0.5) is 8.78 Å². The zero-order valence-corrected chi connectivity index (χ0v) is 14.3. The number of benzene rings is 2. The van der Waals surface area contributed by atoms with Crippen LogP contribution in [0.2, 0.25) is 0 Å². The van der Waals surface area contributed by atoms with E-state index < -0.39 is 0 Å². The standard InChI is InChI=1S/C20H20F2N4/c21-17-4-6-19(7-5-17)26-14-15(11-24-26)13-25-9-8-23-12-20(25)16-2-1-3-18(22)10-16/h1-7,10-11,14,20,23H,8-9,12-13H2. The second-order valence-electron chi connectivity index (χ2n) is 6.51. The highest BCUT2D eigenvalue weighted by Crippen LogP contribution is 2.25. The molecule has 0 radical (unpaired) electrons. The molecule has 0 saturated carbocycles. The van der Waals surface area contributed by atoms with E-state index in [-0.39, 0.29) is 17.7 Å². The third kappa shape index (κ3) is 3.66. The lowest BCUT2D eigenvalue weighted by Crippen LogP contribution is -2.45. The van der Waals surface area contributed by atoms with E-state index >= 15 is 0 Å². The summed E-state index contributed by atoms with van der Waals surface area (Å²) >= 11 is 0. The van der Waals surface area contributed by atoms with E-state index in [4.69, 9.17) is 0 Å². The largest absolute Gasteiger partial charge is 0.314 e. The Kier molecular flexibility index (Phi) is 4.77. The zero-order chi connectivity index (χ0) is 17.9. The first-order valence-corrected chi connectivity index (χ1v) is 8.69. The predicted molar refractivity (Wildman–Crippen MR) is 95.9 cm³/mol. The minimum Gasteiger partial charge on any atom is -0.314 e. The van der Waals surface area contributed by atoms with Crippen LogP contribution < -0.4 is 5.32 Å². The van der Waals surface area contributed by atoms with Gasteiger partial charge in [-0.1, -0.05) is 12.1 Å².